The Morgan fingerprint density at radius 1 is 1.43 bits per heavy atom. The normalized spacial score (nSPS) is 15.6. The Hall–Kier alpha value is -1.75. The minimum atomic E-state index is -0.0356. The third-order valence-corrected chi connectivity index (χ3v) is 4.08. The Kier molecular flexibility index (Phi) is 5.07. The van der Waals surface area contributed by atoms with Crippen molar-refractivity contribution in [1.82, 2.24) is 4.90 Å². The predicted octanol–water partition coefficient (Wildman–Crippen LogP) is 2.16. The van der Waals surface area contributed by atoms with E-state index in [9.17, 15) is 4.79 Å². The zero-order valence-electron chi connectivity index (χ0n) is 13.0. The molecular formula is C16H24N2O3. The van der Waals surface area contributed by atoms with Crippen molar-refractivity contribution in [3.63, 3.8) is 0 Å². The molecule has 1 saturated carbocycles. The zero-order chi connectivity index (χ0) is 15.4. The molecule has 1 fully saturated rings. The Balaban J connectivity index is 2.20. The third-order valence-electron chi connectivity index (χ3n) is 4.08. The first kappa shape index (κ1) is 15.6. The van der Waals surface area contributed by atoms with Crippen molar-refractivity contribution in [3.8, 4) is 5.75 Å². The van der Waals surface area contributed by atoms with Gasteiger partial charge in [-0.05, 0) is 37.8 Å². The van der Waals surface area contributed by atoms with Crippen LogP contribution >= 0.6 is 0 Å². The van der Waals surface area contributed by atoms with Crippen molar-refractivity contribution in [2.24, 2.45) is 5.92 Å². The molecule has 1 aromatic carbocycles. The van der Waals surface area contributed by atoms with E-state index in [1.807, 2.05) is 4.90 Å². The lowest BCUT2D eigenvalue weighted by molar-refractivity contribution is 0.0595. The summed E-state index contributed by atoms with van der Waals surface area (Å²) in [5, 5.41) is 0. The number of benzene rings is 1. The molecule has 0 heterocycles. The average molecular weight is 292 g/mol. The van der Waals surface area contributed by atoms with Crippen LogP contribution in [0.4, 0.5) is 5.69 Å². The Morgan fingerprint density at radius 3 is 2.67 bits per heavy atom. The van der Waals surface area contributed by atoms with Crippen LogP contribution in [0.15, 0.2) is 18.2 Å². The van der Waals surface area contributed by atoms with Crippen molar-refractivity contribution < 1.29 is 14.3 Å². The van der Waals surface area contributed by atoms with Crippen molar-refractivity contribution in [3.05, 3.63) is 23.8 Å². The van der Waals surface area contributed by atoms with E-state index in [1.165, 1.54) is 12.8 Å². The van der Waals surface area contributed by atoms with Gasteiger partial charge in [-0.2, -0.15) is 0 Å². The van der Waals surface area contributed by atoms with E-state index in [4.69, 9.17) is 15.2 Å². The molecule has 1 unspecified atom stereocenters. The lowest BCUT2D eigenvalue weighted by Crippen LogP contribution is -2.42. The van der Waals surface area contributed by atoms with Crippen molar-refractivity contribution in [2.75, 3.05) is 33.1 Å². The van der Waals surface area contributed by atoms with E-state index in [2.05, 4.69) is 6.92 Å². The van der Waals surface area contributed by atoms with Gasteiger partial charge in [0.25, 0.3) is 5.91 Å². The standard InChI is InChI=1S/C16H24N2O3/c1-11(12-4-5-12)18(8-9-20-2)16(19)14-7-6-13(21-3)10-15(14)17/h6-7,10-12H,4-5,8-9,17H2,1-3H3. The first-order valence-electron chi connectivity index (χ1n) is 7.32. The molecular weight excluding hydrogens is 268 g/mol. The minimum absolute atomic E-state index is 0.0356. The lowest BCUT2D eigenvalue weighted by atomic mass is 10.1. The van der Waals surface area contributed by atoms with Crippen LogP contribution in [0.2, 0.25) is 0 Å². The number of ether oxygens (including phenoxy) is 2. The van der Waals surface area contributed by atoms with Crippen LogP contribution < -0.4 is 10.5 Å². The summed E-state index contributed by atoms with van der Waals surface area (Å²) in [6.45, 7) is 3.21. The van der Waals surface area contributed by atoms with Gasteiger partial charge in [-0.1, -0.05) is 0 Å². The fraction of sp³-hybridized carbons (Fsp3) is 0.562. The van der Waals surface area contributed by atoms with Gasteiger partial charge in [0.05, 0.1) is 19.3 Å². The van der Waals surface area contributed by atoms with E-state index in [0.717, 1.165) is 0 Å². The molecule has 1 aliphatic rings. The van der Waals surface area contributed by atoms with Crippen LogP contribution in [0.3, 0.4) is 0 Å². The predicted molar refractivity (Wildman–Crippen MR) is 82.5 cm³/mol. The molecule has 1 atom stereocenters. The molecule has 1 aliphatic carbocycles. The molecule has 0 radical (unpaired) electrons. The first-order valence-corrected chi connectivity index (χ1v) is 7.32. The van der Waals surface area contributed by atoms with Crippen molar-refractivity contribution >= 4 is 11.6 Å². The maximum absolute atomic E-state index is 12.8. The summed E-state index contributed by atoms with van der Waals surface area (Å²) in [5.41, 5.74) is 6.97. The molecule has 0 spiro atoms. The lowest BCUT2D eigenvalue weighted by Gasteiger charge is -2.29. The molecule has 5 nitrogen and oxygen atoms in total. The van der Waals surface area contributed by atoms with Crippen LogP contribution in [0, 0.1) is 5.92 Å². The van der Waals surface area contributed by atoms with Gasteiger partial charge in [-0.15, -0.1) is 0 Å². The molecule has 2 rings (SSSR count). The summed E-state index contributed by atoms with van der Waals surface area (Å²) >= 11 is 0. The molecule has 0 saturated heterocycles. The van der Waals surface area contributed by atoms with Gasteiger partial charge in [0, 0.05) is 31.5 Å². The fourth-order valence-electron chi connectivity index (χ4n) is 2.53. The smallest absolute Gasteiger partial charge is 0.256 e. The van der Waals surface area contributed by atoms with Gasteiger partial charge in [0.1, 0.15) is 5.75 Å². The number of hydrogen-bond acceptors (Lipinski definition) is 4. The number of anilines is 1. The quantitative estimate of drug-likeness (QED) is 0.782. The maximum atomic E-state index is 12.8. The van der Waals surface area contributed by atoms with Gasteiger partial charge in [0.15, 0.2) is 0 Å². The summed E-state index contributed by atoms with van der Waals surface area (Å²) in [6, 6.07) is 5.40. The zero-order valence-corrected chi connectivity index (χ0v) is 13.0. The van der Waals surface area contributed by atoms with Crippen LogP contribution in [0.25, 0.3) is 0 Å². The summed E-state index contributed by atoms with van der Waals surface area (Å²) in [7, 11) is 3.22. The molecule has 21 heavy (non-hydrogen) atoms. The molecule has 0 aromatic heterocycles. The molecule has 1 aromatic rings. The largest absolute Gasteiger partial charge is 0.497 e. The topological polar surface area (TPSA) is 64.8 Å². The van der Waals surface area contributed by atoms with Crippen LogP contribution in [-0.2, 0) is 4.74 Å². The highest BCUT2D eigenvalue weighted by molar-refractivity contribution is 5.99. The van der Waals surface area contributed by atoms with E-state index in [0.29, 0.717) is 36.1 Å². The molecule has 0 aliphatic heterocycles. The second-order valence-corrected chi connectivity index (χ2v) is 5.52. The van der Waals surface area contributed by atoms with E-state index < -0.39 is 0 Å². The van der Waals surface area contributed by atoms with E-state index >= 15 is 0 Å². The number of carbonyl (C=O) groups excluding carboxylic acids is 1. The Morgan fingerprint density at radius 2 is 2.14 bits per heavy atom. The third kappa shape index (κ3) is 3.67. The van der Waals surface area contributed by atoms with Crippen LogP contribution in [0.1, 0.15) is 30.1 Å². The number of nitrogens with two attached hydrogens (primary N) is 1. The average Bonchev–Trinajstić information content (AvgIpc) is 3.31. The van der Waals surface area contributed by atoms with Crippen molar-refractivity contribution in [1.29, 1.82) is 0 Å². The monoisotopic (exact) mass is 292 g/mol. The number of carbonyl (C=O) groups is 1. The molecule has 116 valence electrons. The van der Waals surface area contributed by atoms with Crippen LogP contribution in [0.5, 0.6) is 5.75 Å². The summed E-state index contributed by atoms with van der Waals surface area (Å²) in [4.78, 5) is 14.7. The van der Waals surface area contributed by atoms with E-state index in [1.54, 1.807) is 32.4 Å². The second kappa shape index (κ2) is 6.80. The first-order chi connectivity index (χ1) is 10.1. The number of hydrogen-bond donors (Lipinski definition) is 1. The minimum Gasteiger partial charge on any atom is -0.497 e. The van der Waals surface area contributed by atoms with Gasteiger partial charge >= 0.3 is 0 Å². The summed E-state index contributed by atoms with van der Waals surface area (Å²) < 4.78 is 10.3. The number of nitrogens with zero attached hydrogens (tertiary/aromatic N) is 1. The highest BCUT2D eigenvalue weighted by Crippen LogP contribution is 2.36. The number of methoxy groups -OCH3 is 2. The molecule has 0 bridgehead atoms. The fourth-order valence-corrected chi connectivity index (χ4v) is 2.53. The SMILES string of the molecule is COCCN(C(=O)c1ccc(OC)cc1N)C(C)C1CC1. The molecule has 1 amide bonds. The van der Waals surface area contributed by atoms with Crippen molar-refractivity contribution in [2.45, 2.75) is 25.8 Å². The second-order valence-electron chi connectivity index (χ2n) is 5.52. The number of amides is 1. The highest BCUT2D eigenvalue weighted by atomic mass is 16.5. The summed E-state index contributed by atoms with van der Waals surface area (Å²) in [5.74, 6) is 1.22. The van der Waals surface area contributed by atoms with E-state index in [-0.39, 0.29) is 11.9 Å². The highest BCUT2D eigenvalue weighted by Gasteiger charge is 2.34. The Labute approximate surface area is 126 Å². The van der Waals surface area contributed by atoms with Gasteiger partial charge in [0.2, 0.25) is 0 Å². The number of rotatable bonds is 7. The van der Waals surface area contributed by atoms with Gasteiger partial charge in [-0.25, -0.2) is 0 Å². The van der Waals surface area contributed by atoms with Gasteiger partial charge in [-0.3, -0.25) is 4.79 Å². The molecule has 5 heteroatoms. The van der Waals surface area contributed by atoms with Crippen LogP contribution in [-0.4, -0.2) is 44.2 Å². The number of nitrogen functional groups attached to an aromatic ring is 1. The maximum Gasteiger partial charge on any atom is 0.256 e. The Bertz CT molecular complexity index is 500. The summed E-state index contributed by atoms with van der Waals surface area (Å²) in [6.07, 6.45) is 2.38. The van der Waals surface area contributed by atoms with Gasteiger partial charge < -0.3 is 20.1 Å². The molecule has 2 N–H and O–H groups in total.